The summed E-state index contributed by atoms with van der Waals surface area (Å²) < 4.78 is 26.6. The topological polar surface area (TPSA) is 29.1 Å². The smallest absolute Gasteiger partial charge is 0.254 e. The number of amides is 1. The highest BCUT2D eigenvalue weighted by Gasteiger charge is 2.10. The largest absolute Gasteiger partial charge is 0.348 e. The predicted octanol–water partition coefficient (Wildman–Crippen LogP) is 2.89. The van der Waals surface area contributed by atoms with Gasteiger partial charge in [-0.3, -0.25) is 4.79 Å². The number of carbonyl (C=O) groups excluding carboxylic acids is 1. The SMILES string of the molecule is O=C(NCc1ccccc1F)c1ccccc1F. The van der Waals surface area contributed by atoms with Crippen LogP contribution < -0.4 is 5.32 Å². The van der Waals surface area contributed by atoms with Crippen molar-refractivity contribution in [3.8, 4) is 0 Å². The summed E-state index contributed by atoms with van der Waals surface area (Å²) in [4.78, 5) is 11.7. The zero-order chi connectivity index (χ0) is 13.0. The van der Waals surface area contributed by atoms with E-state index >= 15 is 0 Å². The van der Waals surface area contributed by atoms with Gasteiger partial charge in [-0.2, -0.15) is 0 Å². The van der Waals surface area contributed by atoms with Crippen molar-refractivity contribution in [1.29, 1.82) is 0 Å². The number of halogens is 2. The van der Waals surface area contributed by atoms with Crippen molar-refractivity contribution >= 4 is 5.91 Å². The summed E-state index contributed by atoms with van der Waals surface area (Å²) in [6.07, 6.45) is 0. The lowest BCUT2D eigenvalue weighted by Crippen LogP contribution is -2.24. The van der Waals surface area contributed by atoms with Crippen LogP contribution in [0.25, 0.3) is 0 Å². The lowest BCUT2D eigenvalue weighted by Gasteiger charge is -2.06. The van der Waals surface area contributed by atoms with E-state index in [0.717, 1.165) is 0 Å². The van der Waals surface area contributed by atoms with Gasteiger partial charge in [-0.1, -0.05) is 30.3 Å². The van der Waals surface area contributed by atoms with Crippen LogP contribution in [0.3, 0.4) is 0 Å². The molecule has 92 valence electrons. The Labute approximate surface area is 103 Å². The third kappa shape index (κ3) is 2.71. The molecule has 1 amide bonds. The van der Waals surface area contributed by atoms with E-state index in [0.29, 0.717) is 5.56 Å². The number of nitrogens with one attached hydrogen (secondary N) is 1. The second kappa shape index (κ2) is 5.40. The minimum atomic E-state index is -0.594. The molecule has 0 saturated carbocycles. The molecule has 0 atom stereocenters. The number of carbonyl (C=O) groups is 1. The van der Waals surface area contributed by atoms with Crippen molar-refractivity contribution in [2.24, 2.45) is 0 Å². The molecule has 0 saturated heterocycles. The van der Waals surface area contributed by atoms with Crippen LogP contribution in [-0.2, 0) is 6.54 Å². The van der Waals surface area contributed by atoms with E-state index in [1.807, 2.05) is 0 Å². The van der Waals surface area contributed by atoms with Crippen LogP contribution in [0.1, 0.15) is 15.9 Å². The molecule has 0 radical (unpaired) electrons. The van der Waals surface area contributed by atoms with Crippen molar-refractivity contribution < 1.29 is 13.6 Å². The lowest BCUT2D eigenvalue weighted by atomic mass is 10.2. The van der Waals surface area contributed by atoms with Gasteiger partial charge in [0, 0.05) is 12.1 Å². The molecule has 2 aromatic rings. The number of hydrogen-bond donors (Lipinski definition) is 1. The molecule has 0 unspecified atom stereocenters. The van der Waals surface area contributed by atoms with Crippen molar-refractivity contribution in [1.82, 2.24) is 5.32 Å². The first-order chi connectivity index (χ1) is 8.68. The quantitative estimate of drug-likeness (QED) is 0.887. The summed E-state index contributed by atoms with van der Waals surface area (Å²) in [5, 5.41) is 2.48. The Kier molecular flexibility index (Phi) is 3.67. The molecule has 4 heteroatoms. The first kappa shape index (κ1) is 12.2. The maximum Gasteiger partial charge on any atom is 0.254 e. The van der Waals surface area contributed by atoms with Crippen molar-refractivity contribution in [3.05, 3.63) is 71.3 Å². The summed E-state index contributed by atoms with van der Waals surface area (Å²) >= 11 is 0. The van der Waals surface area contributed by atoms with Crippen LogP contribution in [0.4, 0.5) is 8.78 Å². The van der Waals surface area contributed by atoms with E-state index in [1.165, 1.54) is 24.3 Å². The molecule has 1 N–H and O–H groups in total. The van der Waals surface area contributed by atoms with Crippen LogP contribution in [-0.4, -0.2) is 5.91 Å². The van der Waals surface area contributed by atoms with Gasteiger partial charge in [-0.25, -0.2) is 8.78 Å². The predicted molar refractivity (Wildman–Crippen MR) is 64.0 cm³/mol. The van der Waals surface area contributed by atoms with Crippen molar-refractivity contribution in [3.63, 3.8) is 0 Å². The minimum absolute atomic E-state index is 0.0276. The van der Waals surface area contributed by atoms with E-state index in [1.54, 1.807) is 24.3 Å². The zero-order valence-corrected chi connectivity index (χ0v) is 9.49. The van der Waals surface area contributed by atoms with Crippen LogP contribution in [0.5, 0.6) is 0 Å². The zero-order valence-electron chi connectivity index (χ0n) is 9.49. The van der Waals surface area contributed by atoms with Gasteiger partial charge < -0.3 is 5.32 Å². The van der Waals surface area contributed by atoms with Gasteiger partial charge in [0.05, 0.1) is 5.56 Å². The second-order valence-corrected chi connectivity index (χ2v) is 3.75. The van der Waals surface area contributed by atoms with Gasteiger partial charge in [0.15, 0.2) is 0 Å². The minimum Gasteiger partial charge on any atom is -0.348 e. The fourth-order valence-corrected chi connectivity index (χ4v) is 1.56. The Morgan fingerprint density at radius 1 is 0.944 bits per heavy atom. The number of hydrogen-bond acceptors (Lipinski definition) is 1. The molecule has 0 aliphatic rings. The Bertz CT molecular complexity index is 569. The van der Waals surface area contributed by atoms with Gasteiger partial charge in [-0.05, 0) is 18.2 Å². The highest BCUT2D eigenvalue weighted by Crippen LogP contribution is 2.08. The van der Waals surface area contributed by atoms with E-state index in [2.05, 4.69) is 5.32 Å². The molecule has 0 fully saturated rings. The molecule has 2 rings (SSSR count). The molecule has 0 aromatic heterocycles. The number of rotatable bonds is 3. The fraction of sp³-hybridized carbons (Fsp3) is 0.0714. The molecule has 0 heterocycles. The Balaban J connectivity index is 2.06. The van der Waals surface area contributed by atoms with E-state index in [-0.39, 0.29) is 12.1 Å². The monoisotopic (exact) mass is 247 g/mol. The molecule has 18 heavy (non-hydrogen) atoms. The Morgan fingerprint density at radius 2 is 1.56 bits per heavy atom. The number of benzene rings is 2. The summed E-state index contributed by atoms with van der Waals surface area (Å²) in [5.41, 5.74) is 0.316. The lowest BCUT2D eigenvalue weighted by molar-refractivity contribution is 0.0946. The first-order valence-electron chi connectivity index (χ1n) is 5.44. The molecule has 0 aliphatic heterocycles. The van der Waals surface area contributed by atoms with E-state index in [4.69, 9.17) is 0 Å². The molecule has 0 spiro atoms. The van der Waals surface area contributed by atoms with Crippen LogP contribution in [0.15, 0.2) is 48.5 Å². The summed E-state index contributed by atoms with van der Waals surface area (Å²) in [6.45, 7) is 0.0276. The Morgan fingerprint density at radius 3 is 2.22 bits per heavy atom. The van der Waals surface area contributed by atoms with Gasteiger partial charge in [-0.15, -0.1) is 0 Å². The van der Waals surface area contributed by atoms with Gasteiger partial charge in [0.25, 0.3) is 5.91 Å². The average Bonchev–Trinajstić information content (AvgIpc) is 2.38. The summed E-state index contributed by atoms with van der Waals surface area (Å²) in [6, 6.07) is 11.8. The maximum atomic E-state index is 13.3. The van der Waals surface area contributed by atoms with Crippen molar-refractivity contribution in [2.75, 3.05) is 0 Å². The summed E-state index contributed by atoms with van der Waals surface area (Å²) in [5.74, 6) is -1.55. The molecular formula is C14H11F2NO. The molecule has 0 aliphatic carbocycles. The van der Waals surface area contributed by atoms with Gasteiger partial charge >= 0.3 is 0 Å². The normalized spacial score (nSPS) is 10.1. The average molecular weight is 247 g/mol. The summed E-state index contributed by atoms with van der Waals surface area (Å²) in [7, 11) is 0. The van der Waals surface area contributed by atoms with Crippen molar-refractivity contribution in [2.45, 2.75) is 6.54 Å². The highest BCUT2D eigenvalue weighted by molar-refractivity contribution is 5.94. The molecule has 0 bridgehead atoms. The third-order valence-electron chi connectivity index (χ3n) is 2.52. The van der Waals surface area contributed by atoms with E-state index < -0.39 is 17.5 Å². The maximum absolute atomic E-state index is 13.3. The van der Waals surface area contributed by atoms with Crippen LogP contribution in [0, 0.1) is 11.6 Å². The molecule has 2 nitrogen and oxygen atoms in total. The second-order valence-electron chi connectivity index (χ2n) is 3.75. The first-order valence-corrected chi connectivity index (χ1v) is 5.44. The van der Waals surface area contributed by atoms with Crippen LogP contribution in [0.2, 0.25) is 0 Å². The standard InChI is InChI=1S/C14H11F2NO/c15-12-7-3-1-5-10(12)9-17-14(18)11-6-2-4-8-13(11)16/h1-8H,9H2,(H,17,18). The Hall–Kier alpha value is -2.23. The molecule has 2 aromatic carbocycles. The molecular weight excluding hydrogens is 236 g/mol. The van der Waals surface area contributed by atoms with Crippen LogP contribution >= 0.6 is 0 Å². The van der Waals surface area contributed by atoms with E-state index in [9.17, 15) is 13.6 Å². The highest BCUT2D eigenvalue weighted by atomic mass is 19.1. The van der Waals surface area contributed by atoms with Gasteiger partial charge in [0.1, 0.15) is 11.6 Å². The third-order valence-corrected chi connectivity index (χ3v) is 2.52. The van der Waals surface area contributed by atoms with Gasteiger partial charge in [0.2, 0.25) is 0 Å². The fourth-order valence-electron chi connectivity index (χ4n) is 1.56.